The fourth-order valence-corrected chi connectivity index (χ4v) is 3.28. The average Bonchev–Trinajstić information content (AvgIpc) is 2.99. The van der Waals surface area contributed by atoms with E-state index in [1.807, 2.05) is 42.5 Å². The van der Waals surface area contributed by atoms with Crippen LogP contribution in [0.4, 0.5) is 5.13 Å². The Kier molecular flexibility index (Phi) is 2.46. The first-order valence-electron chi connectivity index (χ1n) is 6.47. The predicted octanol–water partition coefficient (Wildman–Crippen LogP) is 2.60. The van der Waals surface area contributed by atoms with Crippen molar-refractivity contribution in [1.29, 1.82) is 0 Å². The minimum absolute atomic E-state index is 0.571. The highest BCUT2D eigenvalue weighted by Gasteiger charge is 2.12. The maximum absolute atomic E-state index is 5.75. The average molecular weight is 296 g/mol. The lowest BCUT2D eigenvalue weighted by Gasteiger charge is -2.04. The number of nitrogen functional groups attached to an aromatic ring is 1. The summed E-state index contributed by atoms with van der Waals surface area (Å²) >= 11 is 1.47. The Hall–Kier alpha value is -2.54. The molecule has 6 nitrogen and oxygen atoms in total. The van der Waals surface area contributed by atoms with Crippen LogP contribution < -0.4 is 5.73 Å². The van der Waals surface area contributed by atoms with E-state index in [0.29, 0.717) is 5.13 Å². The van der Waals surface area contributed by atoms with Crippen LogP contribution in [-0.2, 0) is 0 Å². The van der Waals surface area contributed by atoms with Crippen LogP contribution in [0, 0.1) is 13.8 Å². The van der Waals surface area contributed by atoms with Crippen LogP contribution in [0.25, 0.3) is 27.3 Å². The van der Waals surface area contributed by atoms with Gasteiger partial charge in [0.05, 0.1) is 10.2 Å². The summed E-state index contributed by atoms with van der Waals surface area (Å²) in [6, 6.07) is 7.90. The van der Waals surface area contributed by atoms with E-state index in [4.69, 9.17) is 5.73 Å². The van der Waals surface area contributed by atoms with Crippen LogP contribution >= 0.6 is 11.3 Å². The summed E-state index contributed by atoms with van der Waals surface area (Å²) in [6.07, 6.45) is 0. The first-order valence-corrected chi connectivity index (χ1v) is 7.29. The number of benzene rings is 1. The summed E-state index contributed by atoms with van der Waals surface area (Å²) < 4.78 is 3.00. The van der Waals surface area contributed by atoms with Gasteiger partial charge in [-0.15, -0.1) is 10.2 Å². The van der Waals surface area contributed by atoms with Crippen LogP contribution in [0.1, 0.15) is 11.5 Å². The van der Waals surface area contributed by atoms with Gasteiger partial charge in [0, 0.05) is 17.3 Å². The van der Waals surface area contributed by atoms with Crippen molar-refractivity contribution in [3.63, 3.8) is 0 Å². The molecule has 3 aromatic heterocycles. The van der Waals surface area contributed by atoms with Gasteiger partial charge in [-0.05, 0) is 32.0 Å². The minimum atomic E-state index is 0.571. The van der Waals surface area contributed by atoms with Crippen molar-refractivity contribution < 1.29 is 0 Å². The van der Waals surface area contributed by atoms with E-state index in [0.717, 1.165) is 38.8 Å². The molecule has 0 amide bonds. The number of aromatic nitrogens is 5. The molecule has 0 unspecified atom stereocenters. The fourth-order valence-electron chi connectivity index (χ4n) is 2.50. The van der Waals surface area contributed by atoms with Crippen molar-refractivity contribution in [2.75, 3.05) is 5.73 Å². The number of nitrogens with zero attached hydrogens (tertiary/aromatic N) is 5. The standard InChI is InChI=1S/C14H12N6S/c1-7-5-12-18-19-13(20(12)8(2)16-7)9-3-4-10-11(6-9)21-14(15)17-10/h3-6H,1-2H3,(H2,15,17). The zero-order chi connectivity index (χ0) is 14.6. The molecule has 0 aliphatic carbocycles. The predicted molar refractivity (Wildman–Crippen MR) is 83.3 cm³/mol. The van der Waals surface area contributed by atoms with Crippen molar-refractivity contribution in [3.8, 4) is 11.4 Å². The van der Waals surface area contributed by atoms with Gasteiger partial charge in [0.1, 0.15) is 5.82 Å². The molecule has 4 rings (SSSR count). The highest BCUT2D eigenvalue weighted by molar-refractivity contribution is 7.22. The molecule has 0 aliphatic heterocycles. The van der Waals surface area contributed by atoms with Gasteiger partial charge >= 0.3 is 0 Å². The highest BCUT2D eigenvalue weighted by Crippen LogP contribution is 2.29. The molecule has 0 radical (unpaired) electrons. The third kappa shape index (κ3) is 1.85. The molecular formula is C14H12N6S. The Morgan fingerprint density at radius 3 is 2.81 bits per heavy atom. The lowest BCUT2D eigenvalue weighted by molar-refractivity contribution is 0.962. The van der Waals surface area contributed by atoms with E-state index in [-0.39, 0.29) is 0 Å². The number of hydrogen-bond acceptors (Lipinski definition) is 6. The molecule has 0 aliphatic rings. The summed E-state index contributed by atoms with van der Waals surface area (Å²) in [6.45, 7) is 3.91. The second-order valence-corrected chi connectivity index (χ2v) is 5.96. The minimum Gasteiger partial charge on any atom is -0.375 e. The van der Waals surface area contributed by atoms with E-state index < -0.39 is 0 Å². The molecule has 104 valence electrons. The van der Waals surface area contributed by atoms with E-state index in [1.54, 1.807) is 0 Å². The first kappa shape index (κ1) is 12.2. The van der Waals surface area contributed by atoms with Gasteiger partial charge in [-0.3, -0.25) is 4.40 Å². The van der Waals surface area contributed by atoms with Crippen molar-refractivity contribution in [3.05, 3.63) is 35.8 Å². The quantitative estimate of drug-likeness (QED) is 0.584. The molecule has 1 aromatic carbocycles. The molecule has 0 atom stereocenters. The molecule has 0 fully saturated rings. The smallest absolute Gasteiger partial charge is 0.181 e. The summed E-state index contributed by atoms with van der Waals surface area (Å²) in [4.78, 5) is 8.75. The Balaban J connectivity index is 1.99. The van der Waals surface area contributed by atoms with Gasteiger partial charge in [0.15, 0.2) is 16.6 Å². The van der Waals surface area contributed by atoms with Gasteiger partial charge in [-0.1, -0.05) is 11.3 Å². The van der Waals surface area contributed by atoms with Crippen LogP contribution in [0.15, 0.2) is 24.3 Å². The normalized spacial score (nSPS) is 11.5. The molecule has 7 heteroatoms. The molecule has 2 N–H and O–H groups in total. The maximum atomic E-state index is 5.75. The number of nitrogens with two attached hydrogens (primary N) is 1. The second kappa shape index (κ2) is 4.23. The van der Waals surface area contributed by atoms with Crippen molar-refractivity contribution in [2.24, 2.45) is 0 Å². The van der Waals surface area contributed by atoms with E-state index in [9.17, 15) is 0 Å². The van der Waals surface area contributed by atoms with Crippen molar-refractivity contribution in [1.82, 2.24) is 24.6 Å². The summed E-state index contributed by atoms with van der Waals surface area (Å²) in [5.74, 6) is 1.65. The van der Waals surface area contributed by atoms with Gasteiger partial charge in [0.2, 0.25) is 0 Å². The number of thiazole rings is 1. The Bertz CT molecular complexity index is 984. The molecule has 0 saturated heterocycles. The topological polar surface area (TPSA) is 82.0 Å². The van der Waals surface area contributed by atoms with Crippen molar-refractivity contribution >= 4 is 32.3 Å². The van der Waals surface area contributed by atoms with Crippen LogP contribution in [0.2, 0.25) is 0 Å². The van der Waals surface area contributed by atoms with E-state index in [2.05, 4.69) is 20.2 Å². The molecular weight excluding hydrogens is 284 g/mol. The third-order valence-corrected chi connectivity index (χ3v) is 4.20. The first-order chi connectivity index (χ1) is 10.1. The Morgan fingerprint density at radius 1 is 1.10 bits per heavy atom. The van der Waals surface area contributed by atoms with Crippen LogP contribution in [0.3, 0.4) is 0 Å². The van der Waals surface area contributed by atoms with E-state index >= 15 is 0 Å². The molecule has 0 spiro atoms. The molecule has 4 aromatic rings. The SMILES string of the molecule is Cc1cc2nnc(-c3ccc4nc(N)sc4c3)n2c(C)n1. The van der Waals surface area contributed by atoms with Crippen LogP contribution in [0.5, 0.6) is 0 Å². The Labute approximate surface area is 124 Å². The molecule has 21 heavy (non-hydrogen) atoms. The number of hydrogen-bond donors (Lipinski definition) is 1. The number of fused-ring (bicyclic) bond motifs is 2. The molecule has 0 saturated carbocycles. The highest BCUT2D eigenvalue weighted by atomic mass is 32.1. The lowest BCUT2D eigenvalue weighted by Crippen LogP contribution is -1.99. The molecule has 3 heterocycles. The van der Waals surface area contributed by atoms with Gasteiger partial charge in [0.25, 0.3) is 0 Å². The number of anilines is 1. The summed E-state index contributed by atoms with van der Waals surface area (Å²) in [7, 11) is 0. The summed E-state index contributed by atoms with van der Waals surface area (Å²) in [5, 5.41) is 9.12. The maximum Gasteiger partial charge on any atom is 0.181 e. The van der Waals surface area contributed by atoms with Gasteiger partial charge in [-0.25, -0.2) is 9.97 Å². The van der Waals surface area contributed by atoms with Crippen LogP contribution in [-0.4, -0.2) is 24.6 Å². The van der Waals surface area contributed by atoms with E-state index in [1.165, 1.54) is 11.3 Å². The summed E-state index contributed by atoms with van der Waals surface area (Å²) in [5.41, 5.74) is 9.38. The second-order valence-electron chi connectivity index (χ2n) is 4.90. The van der Waals surface area contributed by atoms with Gasteiger partial charge in [-0.2, -0.15) is 0 Å². The molecule has 0 bridgehead atoms. The number of rotatable bonds is 1. The lowest BCUT2D eigenvalue weighted by atomic mass is 10.2. The van der Waals surface area contributed by atoms with Gasteiger partial charge < -0.3 is 5.73 Å². The third-order valence-electron chi connectivity index (χ3n) is 3.35. The zero-order valence-electron chi connectivity index (χ0n) is 11.5. The fraction of sp³-hybridized carbons (Fsp3) is 0.143. The Morgan fingerprint density at radius 2 is 1.95 bits per heavy atom. The largest absolute Gasteiger partial charge is 0.375 e. The van der Waals surface area contributed by atoms with Crippen molar-refractivity contribution in [2.45, 2.75) is 13.8 Å². The zero-order valence-corrected chi connectivity index (χ0v) is 12.3. The monoisotopic (exact) mass is 296 g/mol. The number of aryl methyl sites for hydroxylation is 2.